The molecule has 0 fully saturated rings. The average molecular weight is 1240 g/mol. The van der Waals surface area contributed by atoms with E-state index in [9.17, 15) is 0 Å². The van der Waals surface area contributed by atoms with Crippen LogP contribution in [0.1, 0.15) is 11.1 Å². The first kappa shape index (κ1) is 54.1. The minimum absolute atomic E-state index is 0. The molecule has 14 aromatic carbocycles. The molecule has 421 valence electrons. The molecule has 0 aliphatic heterocycles. The van der Waals surface area contributed by atoms with Gasteiger partial charge in [-0.15, -0.1) is 22.7 Å². The van der Waals surface area contributed by atoms with Crippen LogP contribution in [0.15, 0.2) is 279 Å². The number of nitrogens with zero attached hydrogens (tertiary/aromatic N) is 5. The molecule has 1 aliphatic carbocycles. The maximum Gasteiger partial charge on any atom is 0.235 e. The molecule has 1 aliphatic rings. The van der Waals surface area contributed by atoms with Crippen molar-refractivity contribution in [2.75, 3.05) is 0 Å². The first-order valence-corrected chi connectivity index (χ1v) is 31.9. The fourth-order valence-electron chi connectivity index (χ4n) is 14.1. The van der Waals surface area contributed by atoms with Crippen LogP contribution in [0, 0.1) is 0 Å². The molecule has 19 aromatic rings. The van der Waals surface area contributed by atoms with E-state index < -0.39 is 0 Å². The summed E-state index contributed by atoms with van der Waals surface area (Å²) in [6.45, 7) is 0. The third-order valence-electron chi connectivity index (χ3n) is 17.9. The Hall–Kier alpha value is -10.1. The van der Waals surface area contributed by atoms with Crippen LogP contribution >= 0.6 is 34.3 Å². The van der Waals surface area contributed by atoms with Crippen LogP contribution in [0.25, 0.3) is 167 Å². The maximum absolute atomic E-state index is 6.15. The van der Waals surface area contributed by atoms with Crippen molar-refractivity contribution < 1.29 is 18.6 Å². The second-order valence-corrected chi connectivity index (χ2v) is 25.2. The van der Waals surface area contributed by atoms with Gasteiger partial charge in [-0.1, -0.05) is 249 Å². The summed E-state index contributed by atoms with van der Waals surface area (Å²) in [6.07, 6.45) is 1.06. The monoisotopic (exact) mass is 1240 g/mol. The molecule has 1 radical (unpaired) electrons. The summed E-state index contributed by atoms with van der Waals surface area (Å²) < 4.78 is 7.73. The van der Waals surface area contributed by atoms with Crippen LogP contribution < -0.4 is 0 Å². The van der Waals surface area contributed by atoms with Crippen LogP contribution in [0.2, 0.25) is 5.28 Å². The molecule has 0 saturated heterocycles. The molecule has 20 rings (SSSR count). The Labute approximate surface area is 541 Å². The molecule has 0 unspecified atom stereocenters. The first-order chi connectivity index (χ1) is 44.1. The molecule has 9 heteroatoms. The number of hydrogen-bond donors (Lipinski definition) is 0. The van der Waals surface area contributed by atoms with Crippen molar-refractivity contribution in [1.29, 1.82) is 0 Å². The number of aromatic nitrogens is 5. The summed E-state index contributed by atoms with van der Waals surface area (Å²) in [7, 11) is 0. The van der Waals surface area contributed by atoms with Gasteiger partial charge in [0.15, 0.2) is 0 Å². The van der Waals surface area contributed by atoms with E-state index in [2.05, 4.69) is 251 Å². The predicted molar refractivity (Wildman–Crippen MR) is 380 cm³/mol. The Morgan fingerprint density at radius 2 is 0.800 bits per heavy atom. The summed E-state index contributed by atoms with van der Waals surface area (Å²) >= 11 is 9.96. The molecule has 0 spiro atoms. The molecule has 90 heavy (non-hydrogen) atoms. The van der Waals surface area contributed by atoms with Crippen molar-refractivity contribution in [3.8, 4) is 39.6 Å². The van der Waals surface area contributed by atoms with Crippen molar-refractivity contribution >= 4 is 161 Å². The summed E-state index contributed by atoms with van der Waals surface area (Å²) in [5.74, 6) is 0.688. The predicted octanol–water partition coefficient (Wildman–Crippen LogP) is 22.9. The summed E-state index contributed by atoms with van der Waals surface area (Å²) in [6, 6.07) is 98.8. The van der Waals surface area contributed by atoms with Crippen molar-refractivity contribution in [3.05, 3.63) is 295 Å². The Kier molecular flexibility index (Phi) is 13.2. The van der Waals surface area contributed by atoms with Gasteiger partial charge in [-0.25, -0.2) is 19.9 Å². The molecule has 5 aromatic heterocycles. The Bertz CT molecular complexity index is 6120. The van der Waals surface area contributed by atoms with E-state index in [-0.39, 0.29) is 23.8 Å². The smallest absolute Gasteiger partial charge is 0.235 e. The van der Waals surface area contributed by atoms with Crippen molar-refractivity contribution in [3.63, 3.8) is 0 Å². The number of thiophene rings is 2. The van der Waals surface area contributed by atoms with Crippen molar-refractivity contribution in [1.82, 2.24) is 24.5 Å². The van der Waals surface area contributed by atoms with E-state index in [1.54, 1.807) is 0 Å². The number of fused-ring (bicyclic) bond motifs is 26. The number of halogens is 1. The second-order valence-electron chi connectivity index (χ2n) is 22.8. The van der Waals surface area contributed by atoms with Gasteiger partial charge in [0.2, 0.25) is 11.2 Å². The quantitative estimate of drug-likeness (QED) is 0.131. The van der Waals surface area contributed by atoms with Crippen LogP contribution in [-0.4, -0.2) is 24.5 Å². The van der Waals surface area contributed by atoms with Gasteiger partial charge in [-0.2, -0.15) is 0 Å². The zero-order valence-electron chi connectivity index (χ0n) is 48.1. The normalized spacial score (nSPS) is 11.9. The molecule has 0 atom stereocenters. The van der Waals surface area contributed by atoms with Gasteiger partial charge in [-0.05, 0) is 96.5 Å². The molecule has 0 bridgehead atoms. The van der Waals surface area contributed by atoms with E-state index in [0.29, 0.717) is 5.95 Å². The van der Waals surface area contributed by atoms with Gasteiger partial charge in [-0.3, -0.25) is 4.57 Å². The van der Waals surface area contributed by atoms with Gasteiger partial charge in [0.1, 0.15) is 0 Å². The minimum Gasteiger partial charge on any atom is -0.276 e. The summed E-state index contributed by atoms with van der Waals surface area (Å²) in [5.41, 5.74) is 13.9. The largest absolute Gasteiger partial charge is 0.276 e. The van der Waals surface area contributed by atoms with Gasteiger partial charge in [0.05, 0.1) is 38.2 Å². The fourth-order valence-corrected chi connectivity index (χ4v) is 16.8. The molecule has 0 amide bonds. The topological polar surface area (TPSA) is 56.5 Å². The number of benzene rings is 14. The van der Waals surface area contributed by atoms with Gasteiger partial charge in [0.25, 0.3) is 0 Å². The van der Waals surface area contributed by atoms with Crippen LogP contribution in [-0.2, 0) is 25.0 Å². The number of rotatable bonds is 3. The van der Waals surface area contributed by atoms with Gasteiger partial charge < -0.3 is 0 Å². The Balaban J connectivity index is 0.000000114. The Morgan fingerprint density at radius 3 is 1.43 bits per heavy atom. The van der Waals surface area contributed by atoms with Crippen molar-refractivity contribution in [2.24, 2.45) is 0 Å². The van der Waals surface area contributed by atoms with E-state index in [0.717, 1.165) is 72.4 Å². The third kappa shape index (κ3) is 8.57. The van der Waals surface area contributed by atoms with Gasteiger partial charge >= 0.3 is 0 Å². The maximum atomic E-state index is 6.15. The van der Waals surface area contributed by atoms with Crippen molar-refractivity contribution in [2.45, 2.75) is 6.42 Å². The van der Waals surface area contributed by atoms with E-state index in [1.165, 1.54) is 106 Å². The van der Waals surface area contributed by atoms with E-state index >= 15 is 0 Å². The molecule has 0 saturated carbocycles. The fraction of sp³-hybridized carbons (Fsp3) is 0.0123. The van der Waals surface area contributed by atoms with Crippen LogP contribution in [0.4, 0.5) is 0 Å². The van der Waals surface area contributed by atoms with Crippen LogP contribution in [0.5, 0.6) is 0 Å². The Morgan fingerprint density at radius 1 is 0.344 bits per heavy atom. The minimum atomic E-state index is 0. The standard InChI is InChI=1S/C40H23N3S.C23H14S.C18H11ClN2.V/c1-2-13-25(14-3-1)36-31-23-22-24-12-4-5-15-26(24)37(31)42-40(41-36)43-32-20-10-8-18-29(32)34-27-16-6-7-17-28(27)35-30-19-9-11-21-33(30)44-39(35)38(34)43;1-2-8-15-14(7-1)13-19-21(15)16-9-3-4-10-17(16)22-18-11-5-6-12-20(18)24-23(19)22;19-18-20-16(13-7-2-1-3-8-13)15-11-10-12-6-4-5-9-14(12)17(15)21-18;/h1-23H;1-12H,13H2;1-11H;. The van der Waals surface area contributed by atoms with Crippen LogP contribution in [0.3, 0.4) is 0 Å². The average Bonchev–Trinajstić information content (AvgIpc) is 1.56. The molecule has 5 heterocycles. The first-order valence-electron chi connectivity index (χ1n) is 29.9. The SMILES string of the molecule is Clc1nc(-c2ccccc2)c2ccc3ccccc3c2n1.[V].c1ccc(-c2nc(-n3c4ccccc4c4c5ccccc5c5c6ccccc6sc5c43)nc3c2ccc2ccccc23)cc1.c1ccc2c(c1)Cc1c-2c2ccccc2c2c1sc1ccccc12. The molecular weight excluding hydrogens is 1190 g/mol. The summed E-state index contributed by atoms with van der Waals surface area (Å²) in [4.78, 5) is 19.7. The molecule has 0 N–H and O–H groups in total. The zero-order valence-corrected chi connectivity index (χ0v) is 51.9. The molecule has 5 nitrogen and oxygen atoms in total. The van der Waals surface area contributed by atoms with E-state index in [1.807, 2.05) is 65.1 Å². The number of hydrogen-bond acceptors (Lipinski definition) is 6. The molecular formula is C81H48ClN5S2V. The second kappa shape index (κ2) is 21.9. The number of para-hydroxylation sites is 1. The van der Waals surface area contributed by atoms with Gasteiger partial charge in [0, 0.05) is 104 Å². The van der Waals surface area contributed by atoms with E-state index in [4.69, 9.17) is 21.6 Å². The summed E-state index contributed by atoms with van der Waals surface area (Å²) in [5, 5.41) is 20.1. The zero-order chi connectivity index (χ0) is 58.7. The third-order valence-corrected chi connectivity index (χ3v) is 20.5.